The van der Waals surface area contributed by atoms with Crippen molar-refractivity contribution in [1.82, 2.24) is 5.43 Å². The van der Waals surface area contributed by atoms with Gasteiger partial charge in [-0.2, -0.15) is 0 Å². The van der Waals surface area contributed by atoms with Crippen molar-refractivity contribution in [2.75, 3.05) is 5.43 Å². The molecular formula is C25H29BN2O2. The fourth-order valence-corrected chi connectivity index (χ4v) is 3.43. The first-order valence-electron chi connectivity index (χ1n) is 10.4. The molecule has 3 aromatic carbocycles. The van der Waals surface area contributed by atoms with Crippen molar-refractivity contribution < 1.29 is 9.31 Å². The number of benzene rings is 3. The Morgan fingerprint density at radius 1 is 0.733 bits per heavy atom. The van der Waals surface area contributed by atoms with Gasteiger partial charge >= 0.3 is 7.12 Å². The molecule has 154 valence electrons. The van der Waals surface area contributed by atoms with Gasteiger partial charge in [0.15, 0.2) is 0 Å². The number of hydrogen-bond donors (Lipinski definition) is 2. The van der Waals surface area contributed by atoms with Crippen LogP contribution in [0, 0.1) is 0 Å². The van der Waals surface area contributed by atoms with Crippen LogP contribution in [0.25, 0.3) is 11.1 Å². The standard InChI is InChI=1S/C25H29BN2O2/c1-24(2)25(3,4)30-26(29-24)22-10-8-9-21(17-22)20-15-13-19(14-16-20)18-27-28-23-11-6-5-7-12-23/h5-17,27-28H,18H2,1-4H3. The van der Waals surface area contributed by atoms with Crippen LogP contribution in [0.4, 0.5) is 5.69 Å². The highest BCUT2D eigenvalue weighted by molar-refractivity contribution is 6.62. The lowest BCUT2D eigenvalue weighted by atomic mass is 9.78. The summed E-state index contributed by atoms with van der Waals surface area (Å²) in [6.45, 7) is 9.06. The van der Waals surface area contributed by atoms with Crippen molar-refractivity contribution in [3.05, 3.63) is 84.4 Å². The van der Waals surface area contributed by atoms with Crippen molar-refractivity contribution >= 4 is 18.3 Å². The smallest absolute Gasteiger partial charge is 0.399 e. The molecular weight excluding hydrogens is 371 g/mol. The molecule has 30 heavy (non-hydrogen) atoms. The number of hydrogen-bond acceptors (Lipinski definition) is 4. The lowest BCUT2D eigenvalue weighted by molar-refractivity contribution is 0.00578. The third-order valence-electron chi connectivity index (χ3n) is 6.00. The molecule has 1 aliphatic rings. The Morgan fingerprint density at radius 3 is 2.07 bits per heavy atom. The van der Waals surface area contributed by atoms with Crippen molar-refractivity contribution in [2.24, 2.45) is 0 Å². The number of rotatable bonds is 6. The van der Waals surface area contributed by atoms with E-state index in [-0.39, 0.29) is 18.3 Å². The first-order chi connectivity index (χ1) is 14.3. The number of hydrazine groups is 1. The van der Waals surface area contributed by atoms with Crippen LogP contribution in [-0.2, 0) is 15.9 Å². The molecule has 1 saturated heterocycles. The maximum absolute atomic E-state index is 6.20. The largest absolute Gasteiger partial charge is 0.494 e. The van der Waals surface area contributed by atoms with Crippen molar-refractivity contribution in [3.8, 4) is 11.1 Å². The summed E-state index contributed by atoms with van der Waals surface area (Å²) in [5.41, 5.74) is 11.4. The molecule has 2 N–H and O–H groups in total. The molecule has 0 aromatic heterocycles. The second kappa shape index (κ2) is 8.27. The Morgan fingerprint density at radius 2 is 1.40 bits per heavy atom. The Labute approximate surface area is 179 Å². The summed E-state index contributed by atoms with van der Waals surface area (Å²) in [7, 11) is -0.345. The first kappa shape index (κ1) is 20.7. The van der Waals surface area contributed by atoms with Crippen LogP contribution in [0.1, 0.15) is 33.3 Å². The molecule has 5 heteroatoms. The summed E-state index contributed by atoms with van der Waals surface area (Å²) in [6, 6.07) is 27.1. The summed E-state index contributed by atoms with van der Waals surface area (Å²) in [4.78, 5) is 0. The van der Waals surface area contributed by atoms with E-state index >= 15 is 0 Å². The zero-order valence-electron chi connectivity index (χ0n) is 18.1. The fraction of sp³-hybridized carbons (Fsp3) is 0.280. The molecule has 0 atom stereocenters. The van der Waals surface area contributed by atoms with Crippen molar-refractivity contribution in [2.45, 2.75) is 45.4 Å². The van der Waals surface area contributed by atoms with Crippen LogP contribution in [0.5, 0.6) is 0 Å². The Hall–Kier alpha value is -2.60. The molecule has 1 heterocycles. The molecule has 0 spiro atoms. The third-order valence-corrected chi connectivity index (χ3v) is 6.00. The van der Waals surface area contributed by atoms with Crippen molar-refractivity contribution in [3.63, 3.8) is 0 Å². The lowest BCUT2D eigenvalue weighted by Crippen LogP contribution is -2.41. The van der Waals surface area contributed by atoms with Gasteiger partial charge in [0, 0.05) is 12.2 Å². The van der Waals surface area contributed by atoms with Crippen LogP contribution < -0.4 is 16.3 Å². The van der Waals surface area contributed by atoms with E-state index in [1.54, 1.807) is 0 Å². The van der Waals surface area contributed by atoms with Gasteiger partial charge in [0.05, 0.1) is 11.2 Å². The van der Waals surface area contributed by atoms with Gasteiger partial charge in [-0.05, 0) is 62.0 Å². The summed E-state index contributed by atoms with van der Waals surface area (Å²) in [6.07, 6.45) is 0. The van der Waals surface area contributed by atoms with E-state index in [4.69, 9.17) is 9.31 Å². The molecule has 0 unspecified atom stereocenters. The molecule has 0 bridgehead atoms. The van der Waals surface area contributed by atoms with Crippen LogP contribution in [0.3, 0.4) is 0 Å². The second-order valence-corrected chi connectivity index (χ2v) is 8.76. The topological polar surface area (TPSA) is 42.5 Å². The highest BCUT2D eigenvalue weighted by Crippen LogP contribution is 2.36. The van der Waals surface area contributed by atoms with Crippen molar-refractivity contribution in [1.29, 1.82) is 0 Å². The summed E-state index contributed by atoms with van der Waals surface area (Å²) in [5.74, 6) is 0. The Bertz CT molecular complexity index is 972. The number of anilines is 1. The first-order valence-corrected chi connectivity index (χ1v) is 10.4. The number of para-hydroxylation sites is 1. The van der Waals surface area contributed by atoms with E-state index in [1.165, 1.54) is 11.1 Å². The van der Waals surface area contributed by atoms with Crippen LogP contribution in [0.15, 0.2) is 78.9 Å². The average molecular weight is 400 g/mol. The molecule has 1 aliphatic heterocycles. The minimum absolute atomic E-state index is 0.337. The van der Waals surface area contributed by atoms with Crippen LogP contribution in [-0.4, -0.2) is 18.3 Å². The van der Waals surface area contributed by atoms with Gasteiger partial charge in [0.2, 0.25) is 0 Å². The van der Waals surface area contributed by atoms with E-state index in [0.717, 1.165) is 23.3 Å². The summed E-state index contributed by atoms with van der Waals surface area (Å²) < 4.78 is 12.4. The zero-order valence-corrected chi connectivity index (χ0v) is 18.1. The van der Waals surface area contributed by atoms with E-state index in [0.29, 0.717) is 0 Å². The minimum Gasteiger partial charge on any atom is -0.399 e. The second-order valence-electron chi connectivity index (χ2n) is 8.76. The SMILES string of the molecule is CC1(C)OB(c2cccc(-c3ccc(CNNc4ccccc4)cc3)c2)OC1(C)C. The predicted octanol–water partition coefficient (Wildman–Crippen LogP) is 4.77. The molecule has 0 saturated carbocycles. The molecule has 3 aromatic rings. The summed E-state index contributed by atoms with van der Waals surface area (Å²) in [5, 5.41) is 0. The highest BCUT2D eigenvalue weighted by Gasteiger charge is 2.51. The van der Waals surface area contributed by atoms with Gasteiger partial charge in [-0.15, -0.1) is 0 Å². The summed E-state index contributed by atoms with van der Waals surface area (Å²) >= 11 is 0. The van der Waals surface area contributed by atoms with E-state index in [1.807, 2.05) is 30.3 Å². The maximum atomic E-state index is 6.20. The van der Waals surface area contributed by atoms with Gasteiger partial charge in [0.25, 0.3) is 0 Å². The van der Waals surface area contributed by atoms with Gasteiger partial charge in [0.1, 0.15) is 0 Å². The quantitative estimate of drug-likeness (QED) is 0.462. The fourth-order valence-electron chi connectivity index (χ4n) is 3.43. The molecule has 0 radical (unpaired) electrons. The van der Waals surface area contributed by atoms with Gasteiger partial charge < -0.3 is 14.7 Å². The third kappa shape index (κ3) is 4.44. The maximum Gasteiger partial charge on any atom is 0.494 e. The molecule has 0 amide bonds. The molecule has 0 aliphatic carbocycles. The normalized spacial score (nSPS) is 17.1. The zero-order chi connectivity index (χ0) is 21.2. The van der Waals surface area contributed by atoms with E-state index < -0.39 is 0 Å². The van der Waals surface area contributed by atoms with Gasteiger partial charge in [-0.3, -0.25) is 0 Å². The molecule has 4 nitrogen and oxygen atoms in total. The van der Waals surface area contributed by atoms with Crippen LogP contribution in [0.2, 0.25) is 0 Å². The van der Waals surface area contributed by atoms with Gasteiger partial charge in [-0.25, -0.2) is 5.43 Å². The molecule has 4 rings (SSSR count). The number of nitrogens with one attached hydrogen (secondary N) is 2. The lowest BCUT2D eigenvalue weighted by Gasteiger charge is -2.32. The van der Waals surface area contributed by atoms with Gasteiger partial charge in [-0.1, -0.05) is 66.7 Å². The van der Waals surface area contributed by atoms with E-state index in [9.17, 15) is 0 Å². The van der Waals surface area contributed by atoms with E-state index in [2.05, 4.69) is 87.1 Å². The predicted molar refractivity (Wildman–Crippen MR) is 124 cm³/mol. The Balaban J connectivity index is 1.42. The monoisotopic (exact) mass is 400 g/mol. The minimum atomic E-state index is -0.345. The highest BCUT2D eigenvalue weighted by atomic mass is 16.7. The van der Waals surface area contributed by atoms with Crippen LogP contribution >= 0.6 is 0 Å². The Kier molecular flexibility index (Phi) is 5.70. The molecule has 1 fully saturated rings. The average Bonchev–Trinajstić information content (AvgIpc) is 2.97.